The van der Waals surface area contributed by atoms with Gasteiger partial charge in [0.2, 0.25) is 0 Å². The number of carbonyl (C=O) groups is 2. The molecule has 3 N–H and O–H groups in total. The summed E-state index contributed by atoms with van der Waals surface area (Å²) in [5.74, 6) is -0.170. The van der Waals surface area contributed by atoms with Crippen LogP contribution in [-0.4, -0.2) is 38.7 Å². The number of fused-ring (bicyclic) bond motifs is 2. The molecule has 0 unspecified atom stereocenters. The predicted molar refractivity (Wildman–Crippen MR) is 90.5 cm³/mol. The number of hydrogen-bond acceptors (Lipinski definition) is 3. The van der Waals surface area contributed by atoms with Crippen LogP contribution in [0.4, 0.5) is 4.79 Å². The van der Waals surface area contributed by atoms with E-state index in [4.69, 9.17) is 0 Å². The largest absolute Gasteiger partial charge is 0.369 e. The second-order valence-corrected chi connectivity index (χ2v) is 6.45. The zero-order valence-corrected chi connectivity index (χ0v) is 13.7. The zero-order valence-electron chi connectivity index (χ0n) is 13.7. The van der Waals surface area contributed by atoms with Gasteiger partial charge in [0.15, 0.2) is 11.9 Å². The van der Waals surface area contributed by atoms with Crippen molar-refractivity contribution in [2.75, 3.05) is 6.54 Å². The summed E-state index contributed by atoms with van der Waals surface area (Å²) >= 11 is 0. The first kappa shape index (κ1) is 15.7. The quantitative estimate of drug-likeness (QED) is 0.790. The standard InChI is InChI=1S/C18H20N4O3/c23-15-14-8-4-10-21(14)16(24)18(9-5-11-22(15)18)20-17(25)19-12-13-6-2-1-3-7-13/h1-4,6-8,10,16,24H,5,9,11-12H2,(H2,19,20,25)/t16-,18+/m1/s1. The molecule has 3 heterocycles. The van der Waals surface area contributed by atoms with Crippen LogP contribution in [-0.2, 0) is 6.54 Å². The number of amides is 3. The van der Waals surface area contributed by atoms with Gasteiger partial charge in [-0.1, -0.05) is 30.3 Å². The van der Waals surface area contributed by atoms with Crippen molar-refractivity contribution < 1.29 is 14.7 Å². The minimum absolute atomic E-state index is 0.170. The van der Waals surface area contributed by atoms with Crippen molar-refractivity contribution in [2.45, 2.75) is 31.3 Å². The number of benzene rings is 1. The minimum atomic E-state index is -1.11. The number of aliphatic hydroxyl groups excluding tert-OH is 1. The van der Waals surface area contributed by atoms with Crippen molar-refractivity contribution in [2.24, 2.45) is 0 Å². The summed E-state index contributed by atoms with van der Waals surface area (Å²) < 4.78 is 1.53. The highest BCUT2D eigenvalue weighted by Gasteiger charge is 2.55. The van der Waals surface area contributed by atoms with Gasteiger partial charge >= 0.3 is 6.03 Å². The molecule has 25 heavy (non-hydrogen) atoms. The Labute approximate surface area is 145 Å². The fourth-order valence-electron chi connectivity index (χ4n) is 3.76. The van der Waals surface area contributed by atoms with Crippen LogP contribution in [0.25, 0.3) is 0 Å². The maximum absolute atomic E-state index is 12.7. The number of aromatic nitrogens is 1. The van der Waals surface area contributed by atoms with Crippen LogP contribution in [0.2, 0.25) is 0 Å². The van der Waals surface area contributed by atoms with Gasteiger partial charge in [-0.05, 0) is 30.5 Å². The van der Waals surface area contributed by atoms with E-state index >= 15 is 0 Å². The summed E-state index contributed by atoms with van der Waals surface area (Å²) in [6.45, 7) is 0.890. The molecule has 3 amide bonds. The van der Waals surface area contributed by atoms with E-state index in [1.165, 1.54) is 4.57 Å². The minimum Gasteiger partial charge on any atom is -0.369 e. The highest BCUT2D eigenvalue weighted by atomic mass is 16.3. The first-order chi connectivity index (χ1) is 12.1. The molecule has 0 saturated carbocycles. The van der Waals surface area contributed by atoms with Crippen LogP contribution in [0.5, 0.6) is 0 Å². The molecule has 0 aliphatic carbocycles. The van der Waals surface area contributed by atoms with E-state index < -0.39 is 17.9 Å². The summed E-state index contributed by atoms with van der Waals surface area (Å²) in [7, 11) is 0. The summed E-state index contributed by atoms with van der Waals surface area (Å²) in [4.78, 5) is 26.7. The number of nitrogens with one attached hydrogen (secondary N) is 2. The van der Waals surface area contributed by atoms with E-state index in [1.54, 1.807) is 23.2 Å². The van der Waals surface area contributed by atoms with Crippen molar-refractivity contribution in [3.8, 4) is 0 Å². The number of urea groups is 1. The van der Waals surface area contributed by atoms with Crippen LogP contribution in [0, 0.1) is 0 Å². The number of hydrogen-bond donors (Lipinski definition) is 3. The van der Waals surface area contributed by atoms with E-state index in [9.17, 15) is 14.7 Å². The second-order valence-electron chi connectivity index (χ2n) is 6.45. The van der Waals surface area contributed by atoms with Gasteiger partial charge in [-0.2, -0.15) is 0 Å². The van der Waals surface area contributed by atoms with Gasteiger partial charge in [-0.3, -0.25) is 4.79 Å². The average Bonchev–Trinajstić information content (AvgIpc) is 3.27. The Bertz CT molecular complexity index is 804. The molecule has 7 heteroatoms. The van der Waals surface area contributed by atoms with E-state index in [1.807, 2.05) is 30.3 Å². The third-order valence-corrected chi connectivity index (χ3v) is 4.98. The molecule has 0 radical (unpaired) electrons. The third-order valence-electron chi connectivity index (χ3n) is 4.98. The van der Waals surface area contributed by atoms with Crippen molar-refractivity contribution in [1.82, 2.24) is 20.1 Å². The first-order valence-electron chi connectivity index (χ1n) is 8.39. The van der Waals surface area contributed by atoms with Gasteiger partial charge < -0.3 is 25.2 Å². The van der Waals surface area contributed by atoms with Crippen molar-refractivity contribution in [1.29, 1.82) is 0 Å². The first-order valence-corrected chi connectivity index (χ1v) is 8.39. The molecule has 0 spiro atoms. The Kier molecular flexibility index (Phi) is 3.73. The van der Waals surface area contributed by atoms with Crippen LogP contribution in [0.3, 0.4) is 0 Å². The van der Waals surface area contributed by atoms with Crippen LogP contribution in [0.1, 0.15) is 35.1 Å². The number of rotatable bonds is 3. The predicted octanol–water partition coefficient (Wildman–Crippen LogP) is 1.42. The van der Waals surface area contributed by atoms with Crippen molar-refractivity contribution >= 4 is 11.9 Å². The molecule has 1 fully saturated rings. The highest BCUT2D eigenvalue weighted by molar-refractivity contribution is 5.95. The second kappa shape index (κ2) is 5.93. The lowest BCUT2D eigenvalue weighted by Crippen LogP contribution is -2.67. The number of aliphatic hydroxyl groups is 1. The lowest BCUT2D eigenvalue weighted by atomic mass is 10.0. The molecule has 130 valence electrons. The Morgan fingerprint density at radius 2 is 2.04 bits per heavy atom. The number of nitrogens with zero attached hydrogens (tertiary/aromatic N) is 2. The molecular weight excluding hydrogens is 320 g/mol. The Balaban J connectivity index is 1.54. The SMILES string of the molecule is O=C(NCc1ccccc1)N[C@@]12CCCN1C(=O)c1cccn1[C@@H]2O. The molecule has 1 aromatic carbocycles. The van der Waals surface area contributed by atoms with Gasteiger partial charge in [0.05, 0.1) is 0 Å². The Morgan fingerprint density at radius 1 is 1.24 bits per heavy atom. The van der Waals surface area contributed by atoms with Gasteiger partial charge in [0.1, 0.15) is 5.69 Å². The maximum atomic E-state index is 12.7. The van der Waals surface area contributed by atoms with E-state index in [0.29, 0.717) is 25.2 Å². The lowest BCUT2D eigenvalue weighted by Gasteiger charge is -2.46. The Hall–Kier alpha value is -2.80. The summed E-state index contributed by atoms with van der Waals surface area (Å²) in [5.41, 5.74) is 0.312. The highest BCUT2D eigenvalue weighted by Crippen LogP contribution is 2.40. The topological polar surface area (TPSA) is 86.6 Å². The van der Waals surface area contributed by atoms with Gasteiger partial charge in [-0.25, -0.2) is 4.79 Å². The zero-order chi connectivity index (χ0) is 17.4. The summed E-state index contributed by atoms with van der Waals surface area (Å²) in [6.07, 6.45) is 1.89. The summed E-state index contributed by atoms with van der Waals surface area (Å²) in [5, 5.41) is 16.5. The Morgan fingerprint density at radius 3 is 2.84 bits per heavy atom. The maximum Gasteiger partial charge on any atom is 0.317 e. The molecule has 1 saturated heterocycles. The van der Waals surface area contributed by atoms with Crippen LogP contribution < -0.4 is 10.6 Å². The molecule has 2 aromatic rings. The van der Waals surface area contributed by atoms with Crippen molar-refractivity contribution in [3.63, 3.8) is 0 Å². The fourth-order valence-corrected chi connectivity index (χ4v) is 3.76. The summed E-state index contributed by atoms with van der Waals surface area (Å²) in [6, 6.07) is 12.6. The van der Waals surface area contributed by atoms with E-state index in [2.05, 4.69) is 10.6 Å². The van der Waals surface area contributed by atoms with Gasteiger partial charge in [0, 0.05) is 19.3 Å². The van der Waals surface area contributed by atoms with Crippen molar-refractivity contribution in [3.05, 3.63) is 59.9 Å². The van der Waals surface area contributed by atoms with E-state index in [-0.39, 0.29) is 5.91 Å². The molecule has 4 rings (SSSR count). The van der Waals surface area contributed by atoms with Gasteiger partial charge in [-0.15, -0.1) is 0 Å². The monoisotopic (exact) mass is 340 g/mol. The van der Waals surface area contributed by atoms with E-state index in [0.717, 1.165) is 12.0 Å². The molecule has 7 nitrogen and oxygen atoms in total. The number of carbonyl (C=O) groups excluding carboxylic acids is 2. The average molecular weight is 340 g/mol. The normalized spacial score (nSPS) is 24.6. The van der Waals surface area contributed by atoms with Gasteiger partial charge in [0.25, 0.3) is 5.91 Å². The third kappa shape index (κ3) is 2.47. The fraction of sp³-hybridized carbons (Fsp3) is 0.333. The smallest absolute Gasteiger partial charge is 0.317 e. The molecule has 2 aliphatic heterocycles. The van der Waals surface area contributed by atoms with Crippen LogP contribution in [0.15, 0.2) is 48.7 Å². The molecule has 0 bridgehead atoms. The molecule has 2 atom stereocenters. The van der Waals surface area contributed by atoms with Crippen LogP contribution >= 0.6 is 0 Å². The molecule has 2 aliphatic rings. The molecular formula is C18H20N4O3. The lowest BCUT2D eigenvalue weighted by molar-refractivity contribution is -0.0687. The molecule has 1 aromatic heterocycles.